The molecule has 2 N–H and O–H groups in total. The lowest BCUT2D eigenvalue weighted by atomic mass is 10.0. The number of amides is 4. The second kappa shape index (κ2) is 14.0. The highest BCUT2D eigenvalue weighted by molar-refractivity contribution is 6.01. The van der Waals surface area contributed by atoms with Crippen LogP contribution in [0.2, 0.25) is 0 Å². The largest absolute Gasteiger partial charge is 0.372 e. The Morgan fingerprint density at radius 3 is 1.93 bits per heavy atom. The zero-order valence-electron chi connectivity index (χ0n) is 25.6. The van der Waals surface area contributed by atoms with Gasteiger partial charge in [0.25, 0.3) is 5.91 Å². The number of fused-ring (bicyclic) bond motifs is 1. The van der Waals surface area contributed by atoms with E-state index in [0.717, 1.165) is 18.8 Å². The molecule has 0 radical (unpaired) electrons. The fraction of sp³-hybridized carbons (Fsp3) is 0.645. The maximum Gasteiger partial charge on any atom is 0.251 e. The van der Waals surface area contributed by atoms with Crippen molar-refractivity contribution in [2.45, 2.75) is 91.9 Å². The molecule has 1 aromatic rings. The van der Waals surface area contributed by atoms with Gasteiger partial charge in [0.05, 0.1) is 12.6 Å². The number of hydrogen-bond acceptors (Lipinski definition) is 6. The second-order valence-corrected chi connectivity index (χ2v) is 12.0. The number of Topliss-reactive ketones (excluding diaryl/α,β-unsaturated/α-hetero) is 1. The number of benzene rings is 1. The summed E-state index contributed by atoms with van der Waals surface area (Å²) >= 11 is 0. The number of nitrogens with zero attached hydrogens (tertiary/aromatic N) is 3. The van der Waals surface area contributed by atoms with Crippen molar-refractivity contribution in [3.05, 3.63) is 29.8 Å². The molecule has 2 aliphatic rings. The van der Waals surface area contributed by atoms with Crippen LogP contribution in [0.3, 0.4) is 0 Å². The van der Waals surface area contributed by atoms with E-state index in [4.69, 9.17) is 0 Å². The molecule has 4 unspecified atom stereocenters. The van der Waals surface area contributed by atoms with Crippen LogP contribution in [-0.2, 0) is 19.2 Å². The summed E-state index contributed by atoms with van der Waals surface area (Å²) in [5.41, 5.74) is 1.49. The van der Waals surface area contributed by atoms with Gasteiger partial charge in [-0.3, -0.25) is 24.0 Å². The zero-order valence-corrected chi connectivity index (χ0v) is 25.6. The SMILES string of the molecule is CCN(CC)c1ccc(C(=O)NC(CC(C)C)C(=O)N2CCC3C2C(=O)CN3C(=O)C(CC(C)C)NC(C)=O)cc1. The molecule has 0 spiro atoms. The predicted molar refractivity (Wildman–Crippen MR) is 158 cm³/mol. The van der Waals surface area contributed by atoms with Gasteiger partial charge in [-0.2, -0.15) is 0 Å². The molecule has 226 valence electrons. The first-order valence-corrected chi connectivity index (χ1v) is 14.9. The normalized spacial score (nSPS) is 19.8. The van der Waals surface area contributed by atoms with Gasteiger partial charge in [0.15, 0.2) is 5.78 Å². The van der Waals surface area contributed by atoms with Crippen molar-refractivity contribution in [3.8, 4) is 0 Å². The van der Waals surface area contributed by atoms with Gasteiger partial charge in [-0.25, -0.2) is 0 Å². The highest BCUT2D eigenvalue weighted by Gasteiger charge is 2.53. The van der Waals surface area contributed by atoms with Crippen LogP contribution in [0, 0.1) is 11.8 Å². The van der Waals surface area contributed by atoms with E-state index in [9.17, 15) is 24.0 Å². The Morgan fingerprint density at radius 2 is 1.41 bits per heavy atom. The number of rotatable bonds is 12. The van der Waals surface area contributed by atoms with E-state index in [1.165, 1.54) is 11.8 Å². The molecule has 41 heavy (non-hydrogen) atoms. The molecule has 2 heterocycles. The highest BCUT2D eigenvalue weighted by atomic mass is 16.2. The first-order valence-electron chi connectivity index (χ1n) is 14.9. The number of anilines is 1. The van der Waals surface area contributed by atoms with Crippen molar-refractivity contribution in [1.29, 1.82) is 0 Å². The Hall–Kier alpha value is -3.43. The molecule has 2 saturated heterocycles. The van der Waals surface area contributed by atoms with Crippen LogP contribution in [0.25, 0.3) is 0 Å². The summed E-state index contributed by atoms with van der Waals surface area (Å²) in [7, 11) is 0. The molecule has 1 aromatic carbocycles. The average molecular weight is 570 g/mol. The van der Waals surface area contributed by atoms with Crippen molar-refractivity contribution in [1.82, 2.24) is 20.4 Å². The fourth-order valence-electron chi connectivity index (χ4n) is 6.04. The molecule has 0 bridgehead atoms. The molecule has 0 saturated carbocycles. The van der Waals surface area contributed by atoms with Gasteiger partial charge in [-0.15, -0.1) is 0 Å². The van der Waals surface area contributed by atoms with Crippen molar-refractivity contribution in [3.63, 3.8) is 0 Å². The summed E-state index contributed by atoms with van der Waals surface area (Å²) in [6.07, 6.45) is 1.35. The Bertz CT molecular complexity index is 1110. The minimum absolute atomic E-state index is 0.0911. The summed E-state index contributed by atoms with van der Waals surface area (Å²) in [4.78, 5) is 70.8. The molecule has 4 amide bonds. The average Bonchev–Trinajstić information content (AvgIpc) is 3.48. The Kier molecular flexibility index (Phi) is 10.9. The van der Waals surface area contributed by atoms with Crippen molar-refractivity contribution in [2.24, 2.45) is 11.8 Å². The third-order valence-electron chi connectivity index (χ3n) is 7.94. The molecule has 0 aromatic heterocycles. The number of likely N-dealkylation sites (tertiary alicyclic amines) is 2. The predicted octanol–water partition coefficient (Wildman–Crippen LogP) is 2.61. The monoisotopic (exact) mass is 569 g/mol. The Morgan fingerprint density at radius 1 is 0.878 bits per heavy atom. The van der Waals surface area contributed by atoms with Gasteiger partial charge in [0.2, 0.25) is 17.7 Å². The van der Waals surface area contributed by atoms with Crippen LogP contribution in [-0.4, -0.2) is 89.6 Å². The smallest absolute Gasteiger partial charge is 0.251 e. The molecule has 2 aliphatic heterocycles. The van der Waals surface area contributed by atoms with E-state index >= 15 is 0 Å². The van der Waals surface area contributed by atoms with Crippen LogP contribution in [0.4, 0.5) is 5.69 Å². The van der Waals surface area contributed by atoms with Crippen LogP contribution in [0.5, 0.6) is 0 Å². The molecular formula is C31H47N5O5. The molecule has 10 heteroatoms. The van der Waals surface area contributed by atoms with Gasteiger partial charge in [0, 0.05) is 37.8 Å². The summed E-state index contributed by atoms with van der Waals surface area (Å²) in [6.45, 7) is 15.4. The first-order chi connectivity index (χ1) is 19.4. The standard InChI is InChI=1S/C31H47N5O5/c1-8-34(9-2)23-12-10-22(11-13-23)29(39)33-25(17-20(5)6)30(40)35-15-14-26-28(35)27(38)18-36(26)31(41)24(16-19(3)4)32-21(7)37/h10-13,19-20,24-26,28H,8-9,14-18H2,1-7H3,(H,32,37)(H,33,39). The van der Waals surface area contributed by atoms with Gasteiger partial charge < -0.3 is 25.3 Å². The maximum absolute atomic E-state index is 13.9. The van der Waals surface area contributed by atoms with Crippen LogP contribution < -0.4 is 15.5 Å². The van der Waals surface area contributed by atoms with Crippen LogP contribution in [0.15, 0.2) is 24.3 Å². The number of carbonyl (C=O) groups excluding carboxylic acids is 5. The third-order valence-corrected chi connectivity index (χ3v) is 7.94. The van der Waals surface area contributed by atoms with Gasteiger partial charge in [-0.1, -0.05) is 27.7 Å². The zero-order chi connectivity index (χ0) is 30.4. The van der Waals surface area contributed by atoms with E-state index in [1.54, 1.807) is 17.0 Å². The molecular weight excluding hydrogens is 522 g/mol. The molecule has 2 fully saturated rings. The van der Waals surface area contributed by atoms with Crippen LogP contribution in [0.1, 0.15) is 78.1 Å². The minimum Gasteiger partial charge on any atom is -0.372 e. The van der Waals surface area contributed by atoms with E-state index < -0.39 is 24.2 Å². The lowest BCUT2D eigenvalue weighted by Crippen LogP contribution is -2.53. The van der Waals surface area contributed by atoms with Gasteiger partial charge in [0.1, 0.15) is 18.1 Å². The van der Waals surface area contributed by atoms with E-state index in [-0.39, 0.29) is 47.8 Å². The van der Waals surface area contributed by atoms with E-state index in [1.807, 2.05) is 39.8 Å². The number of carbonyl (C=O) groups is 5. The van der Waals surface area contributed by atoms with E-state index in [2.05, 4.69) is 29.4 Å². The lowest BCUT2D eigenvalue weighted by molar-refractivity contribution is -0.138. The number of nitrogens with one attached hydrogen (secondary N) is 2. The summed E-state index contributed by atoms with van der Waals surface area (Å²) < 4.78 is 0. The number of ketones is 1. The second-order valence-electron chi connectivity index (χ2n) is 12.0. The number of hydrogen-bond donors (Lipinski definition) is 2. The quantitative estimate of drug-likeness (QED) is 0.400. The summed E-state index contributed by atoms with van der Waals surface area (Å²) in [6, 6.07) is 4.63. The molecule has 10 nitrogen and oxygen atoms in total. The molecule has 4 atom stereocenters. The minimum atomic E-state index is -0.797. The lowest BCUT2D eigenvalue weighted by Gasteiger charge is -2.30. The van der Waals surface area contributed by atoms with Crippen LogP contribution >= 0.6 is 0 Å². The first kappa shape index (κ1) is 32.1. The van der Waals surface area contributed by atoms with Gasteiger partial charge in [-0.05, 0) is 69.2 Å². The Labute approximate surface area is 244 Å². The fourth-order valence-corrected chi connectivity index (χ4v) is 6.04. The highest BCUT2D eigenvalue weighted by Crippen LogP contribution is 2.32. The van der Waals surface area contributed by atoms with E-state index in [0.29, 0.717) is 31.4 Å². The topological polar surface area (TPSA) is 119 Å². The van der Waals surface area contributed by atoms with Crippen molar-refractivity contribution in [2.75, 3.05) is 31.1 Å². The maximum atomic E-state index is 13.9. The summed E-state index contributed by atoms with van der Waals surface area (Å²) in [5, 5.41) is 5.66. The van der Waals surface area contributed by atoms with Gasteiger partial charge >= 0.3 is 0 Å². The molecule has 0 aliphatic carbocycles. The van der Waals surface area contributed by atoms with Crippen molar-refractivity contribution >= 4 is 35.1 Å². The molecule has 3 rings (SSSR count). The summed E-state index contributed by atoms with van der Waals surface area (Å²) in [5.74, 6) is -1.13. The Balaban J connectivity index is 1.76. The third kappa shape index (κ3) is 7.65. The van der Waals surface area contributed by atoms with Crippen molar-refractivity contribution < 1.29 is 24.0 Å².